The Hall–Kier alpha value is -1.77. The van der Waals surface area contributed by atoms with Gasteiger partial charge in [0, 0.05) is 6.54 Å². The maximum Gasteiger partial charge on any atom is 0.334 e. The second-order valence-electron chi connectivity index (χ2n) is 4.86. The van der Waals surface area contributed by atoms with E-state index in [-0.39, 0.29) is 19.1 Å². The van der Waals surface area contributed by atoms with Crippen molar-refractivity contribution in [1.29, 1.82) is 0 Å². The van der Waals surface area contributed by atoms with E-state index in [1.165, 1.54) is 16.2 Å². The Morgan fingerprint density at radius 1 is 1.50 bits per heavy atom. The molecule has 0 radical (unpaired) electrons. The van der Waals surface area contributed by atoms with Crippen LogP contribution >= 0.6 is 22.7 Å². The molecule has 8 heteroatoms. The molecule has 22 heavy (non-hydrogen) atoms. The van der Waals surface area contributed by atoms with Crippen molar-refractivity contribution < 1.29 is 19.4 Å². The summed E-state index contributed by atoms with van der Waals surface area (Å²) >= 11 is 2.92. The fraction of sp³-hybridized carbons (Fsp3) is 0.357. The summed E-state index contributed by atoms with van der Waals surface area (Å²) in [5.74, 6) is -1.22. The summed E-state index contributed by atoms with van der Waals surface area (Å²) in [4.78, 5) is 31.2. The molecule has 0 saturated carbocycles. The third-order valence-electron chi connectivity index (χ3n) is 3.35. The lowest BCUT2D eigenvalue weighted by Gasteiger charge is -2.30. The average Bonchev–Trinajstić information content (AvgIpc) is 3.16. The smallest absolute Gasteiger partial charge is 0.334 e. The van der Waals surface area contributed by atoms with E-state index in [0.29, 0.717) is 17.1 Å². The molecule has 0 unspecified atom stereocenters. The van der Waals surface area contributed by atoms with Crippen LogP contribution in [0.2, 0.25) is 0 Å². The van der Waals surface area contributed by atoms with Crippen molar-refractivity contribution in [2.45, 2.75) is 13.0 Å². The maximum atomic E-state index is 12.6. The number of carboxylic acid groups (broad SMARTS) is 1. The van der Waals surface area contributed by atoms with Crippen molar-refractivity contribution in [2.75, 3.05) is 19.7 Å². The number of thiophene rings is 1. The number of carbonyl (C=O) groups is 2. The number of carboxylic acids is 1. The highest BCUT2D eigenvalue weighted by Gasteiger charge is 2.31. The van der Waals surface area contributed by atoms with E-state index in [1.807, 2.05) is 17.5 Å². The van der Waals surface area contributed by atoms with Crippen molar-refractivity contribution in [3.8, 4) is 9.88 Å². The molecule has 0 aromatic carbocycles. The van der Waals surface area contributed by atoms with Gasteiger partial charge < -0.3 is 14.7 Å². The normalized spacial score (nSPS) is 18.4. The molecule has 1 N–H and O–H groups in total. The average molecular weight is 338 g/mol. The van der Waals surface area contributed by atoms with Crippen molar-refractivity contribution in [3.63, 3.8) is 0 Å². The predicted molar refractivity (Wildman–Crippen MR) is 83.4 cm³/mol. The van der Waals surface area contributed by atoms with E-state index in [2.05, 4.69) is 4.98 Å². The number of morpholine rings is 1. The van der Waals surface area contributed by atoms with E-state index in [9.17, 15) is 9.59 Å². The Labute approximate surface area is 135 Å². The number of nitrogens with zero attached hydrogens (tertiary/aromatic N) is 2. The summed E-state index contributed by atoms with van der Waals surface area (Å²) in [6, 6.07) is 3.91. The van der Waals surface area contributed by atoms with Crippen LogP contribution in [0, 0.1) is 6.92 Å². The number of amides is 1. The first-order valence-electron chi connectivity index (χ1n) is 6.71. The van der Waals surface area contributed by atoms with Crippen molar-refractivity contribution >= 4 is 34.6 Å². The van der Waals surface area contributed by atoms with E-state index in [1.54, 1.807) is 18.3 Å². The van der Waals surface area contributed by atoms with Crippen LogP contribution < -0.4 is 0 Å². The molecule has 3 heterocycles. The Bertz CT molecular complexity index is 696. The molecule has 1 amide bonds. The molecular formula is C14H14N2O4S2. The van der Waals surface area contributed by atoms with Gasteiger partial charge in [0.15, 0.2) is 6.10 Å². The van der Waals surface area contributed by atoms with Crippen LogP contribution in [0.1, 0.15) is 15.4 Å². The summed E-state index contributed by atoms with van der Waals surface area (Å²) in [6.45, 7) is 2.50. The third kappa shape index (κ3) is 2.90. The van der Waals surface area contributed by atoms with Gasteiger partial charge in [0.25, 0.3) is 5.91 Å². The molecule has 1 aliphatic rings. The Balaban J connectivity index is 1.82. The van der Waals surface area contributed by atoms with E-state index in [0.717, 1.165) is 9.88 Å². The van der Waals surface area contributed by atoms with Crippen LogP contribution in [0.5, 0.6) is 0 Å². The monoisotopic (exact) mass is 338 g/mol. The van der Waals surface area contributed by atoms with Gasteiger partial charge in [-0.2, -0.15) is 0 Å². The zero-order valence-electron chi connectivity index (χ0n) is 11.8. The molecule has 0 bridgehead atoms. The number of hydrogen-bond acceptors (Lipinski definition) is 6. The minimum absolute atomic E-state index is 0.0693. The summed E-state index contributed by atoms with van der Waals surface area (Å²) in [6.07, 6.45) is -0.956. The summed E-state index contributed by atoms with van der Waals surface area (Å²) in [5.41, 5.74) is 0.678. The quantitative estimate of drug-likeness (QED) is 0.927. The number of ether oxygens (including phenoxy) is 1. The van der Waals surface area contributed by atoms with Crippen LogP contribution in [0.15, 0.2) is 17.5 Å². The number of hydrogen-bond donors (Lipinski definition) is 1. The number of aromatic nitrogens is 1. The third-order valence-corrected chi connectivity index (χ3v) is 5.54. The van der Waals surface area contributed by atoms with Gasteiger partial charge in [0.1, 0.15) is 9.88 Å². The first kappa shape index (κ1) is 15.1. The SMILES string of the molecule is Cc1nc(-c2cccs2)sc1C(=O)N1CCO[C@@H](C(=O)O)C1. The van der Waals surface area contributed by atoms with Crippen LogP contribution in [0.3, 0.4) is 0 Å². The van der Waals surface area contributed by atoms with Crippen LogP contribution in [0.4, 0.5) is 0 Å². The number of aryl methyl sites for hydroxylation is 1. The molecular weight excluding hydrogens is 324 g/mol. The lowest BCUT2D eigenvalue weighted by atomic mass is 10.2. The molecule has 116 valence electrons. The molecule has 2 aromatic heterocycles. The van der Waals surface area contributed by atoms with Gasteiger partial charge in [0.05, 0.1) is 23.7 Å². The second-order valence-corrected chi connectivity index (χ2v) is 6.81. The van der Waals surface area contributed by atoms with E-state index < -0.39 is 12.1 Å². The van der Waals surface area contributed by atoms with Crippen LogP contribution in [-0.2, 0) is 9.53 Å². The molecule has 1 fully saturated rings. The first-order valence-corrected chi connectivity index (χ1v) is 8.41. The van der Waals surface area contributed by atoms with Crippen LogP contribution in [0.25, 0.3) is 9.88 Å². The molecule has 3 rings (SSSR count). The topological polar surface area (TPSA) is 79.7 Å². The fourth-order valence-corrected chi connectivity index (χ4v) is 4.06. The highest BCUT2D eigenvalue weighted by molar-refractivity contribution is 7.22. The Morgan fingerprint density at radius 3 is 3.00 bits per heavy atom. The Morgan fingerprint density at radius 2 is 2.32 bits per heavy atom. The lowest BCUT2D eigenvalue weighted by Crippen LogP contribution is -2.48. The molecule has 6 nitrogen and oxygen atoms in total. The minimum atomic E-state index is -1.04. The molecule has 2 aromatic rings. The van der Waals surface area contributed by atoms with E-state index >= 15 is 0 Å². The number of carbonyl (C=O) groups excluding carboxylic acids is 1. The van der Waals surface area contributed by atoms with Crippen molar-refractivity contribution in [1.82, 2.24) is 9.88 Å². The van der Waals surface area contributed by atoms with Gasteiger partial charge in [-0.3, -0.25) is 4.79 Å². The fourth-order valence-electron chi connectivity index (χ4n) is 2.23. The van der Waals surface area contributed by atoms with E-state index in [4.69, 9.17) is 9.84 Å². The largest absolute Gasteiger partial charge is 0.479 e. The maximum absolute atomic E-state index is 12.6. The van der Waals surface area contributed by atoms with Gasteiger partial charge in [-0.15, -0.1) is 22.7 Å². The highest BCUT2D eigenvalue weighted by Crippen LogP contribution is 2.31. The molecule has 0 spiro atoms. The summed E-state index contributed by atoms with van der Waals surface area (Å²) in [5, 5.41) is 11.8. The first-order chi connectivity index (χ1) is 10.6. The molecule has 0 aliphatic carbocycles. The number of thiazole rings is 1. The number of aliphatic carboxylic acids is 1. The summed E-state index contributed by atoms with van der Waals surface area (Å²) in [7, 11) is 0. The summed E-state index contributed by atoms with van der Waals surface area (Å²) < 4.78 is 5.15. The van der Waals surface area contributed by atoms with Gasteiger partial charge >= 0.3 is 5.97 Å². The number of rotatable bonds is 3. The van der Waals surface area contributed by atoms with Crippen LogP contribution in [-0.4, -0.2) is 52.7 Å². The molecule has 1 aliphatic heterocycles. The van der Waals surface area contributed by atoms with Crippen molar-refractivity contribution in [2.24, 2.45) is 0 Å². The van der Waals surface area contributed by atoms with Gasteiger partial charge in [-0.1, -0.05) is 6.07 Å². The second kappa shape index (κ2) is 6.15. The molecule has 1 saturated heterocycles. The minimum Gasteiger partial charge on any atom is -0.479 e. The molecule has 1 atom stereocenters. The van der Waals surface area contributed by atoms with Gasteiger partial charge in [-0.05, 0) is 18.4 Å². The predicted octanol–water partition coefficient (Wildman–Crippen LogP) is 2.11. The highest BCUT2D eigenvalue weighted by atomic mass is 32.1. The Kier molecular flexibility index (Phi) is 4.23. The van der Waals surface area contributed by atoms with Gasteiger partial charge in [0.2, 0.25) is 0 Å². The zero-order chi connectivity index (χ0) is 15.7. The zero-order valence-corrected chi connectivity index (χ0v) is 13.4. The standard InChI is InChI=1S/C14H14N2O4S2/c1-8-11(22-12(15-8)10-3-2-6-21-10)13(17)16-4-5-20-9(7-16)14(18)19/h2-3,6,9H,4-5,7H2,1H3,(H,18,19)/t9-/m1/s1. The van der Waals surface area contributed by atoms with Gasteiger partial charge in [-0.25, -0.2) is 9.78 Å². The van der Waals surface area contributed by atoms with Crippen molar-refractivity contribution in [3.05, 3.63) is 28.1 Å². The lowest BCUT2D eigenvalue weighted by molar-refractivity contribution is -0.154.